The van der Waals surface area contributed by atoms with Gasteiger partial charge in [0, 0.05) is 36.4 Å². The van der Waals surface area contributed by atoms with Crippen molar-refractivity contribution in [1.82, 2.24) is 9.88 Å². The molecule has 0 spiro atoms. The highest BCUT2D eigenvalue weighted by Gasteiger charge is 2.15. The van der Waals surface area contributed by atoms with Gasteiger partial charge in [-0.05, 0) is 35.7 Å². The zero-order chi connectivity index (χ0) is 20.2. The van der Waals surface area contributed by atoms with E-state index >= 15 is 0 Å². The van der Waals surface area contributed by atoms with Gasteiger partial charge < -0.3 is 10.1 Å². The van der Waals surface area contributed by atoms with Crippen molar-refractivity contribution in [2.75, 3.05) is 31.6 Å². The van der Waals surface area contributed by atoms with Gasteiger partial charge in [-0.2, -0.15) is 0 Å². The zero-order valence-corrected chi connectivity index (χ0v) is 17.0. The summed E-state index contributed by atoms with van der Waals surface area (Å²) in [6.07, 6.45) is 0. The number of pyridine rings is 1. The van der Waals surface area contributed by atoms with E-state index in [1.807, 2.05) is 42.5 Å². The molecule has 5 heteroatoms. The number of hydrogen-bond donors (Lipinski definition) is 1. The maximum atomic E-state index is 13.0. The molecule has 4 rings (SSSR count). The largest absolute Gasteiger partial charge is 0.379 e. The third-order valence-electron chi connectivity index (χ3n) is 5.29. The van der Waals surface area contributed by atoms with Crippen LogP contribution in [0, 0.1) is 0 Å². The number of rotatable bonds is 5. The lowest BCUT2D eigenvalue weighted by Gasteiger charge is -2.26. The van der Waals surface area contributed by atoms with Crippen molar-refractivity contribution in [3.8, 4) is 0 Å². The first-order valence-corrected chi connectivity index (χ1v) is 10.2. The molecule has 0 atom stereocenters. The molecule has 1 amide bonds. The van der Waals surface area contributed by atoms with E-state index in [-0.39, 0.29) is 11.8 Å². The van der Waals surface area contributed by atoms with Gasteiger partial charge in [0.1, 0.15) is 0 Å². The topological polar surface area (TPSA) is 54.5 Å². The van der Waals surface area contributed by atoms with E-state index in [1.54, 1.807) is 0 Å². The maximum absolute atomic E-state index is 13.0. The monoisotopic (exact) mass is 389 g/mol. The van der Waals surface area contributed by atoms with Gasteiger partial charge in [-0.1, -0.05) is 44.2 Å². The van der Waals surface area contributed by atoms with Gasteiger partial charge in [-0.25, -0.2) is 0 Å². The quantitative estimate of drug-likeness (QED) is 0.701. The molecular formula is C24H27N3O2. The maximum Gasteiger partial charge on any atom is 0.256 e. The van der Waals surface area contributed by atoms with Crippen molar-refractivity contribution in [3.63, 3.8) is 0 Å². The average molecular weight is 389 g/mol. The van der Waals surface area contributed by atoms with Gasteiger partial charge in [0.2, 0.25) is 0 Å². The van der Waals surface area contributed by atoms with Crippen LogP contribution in [0.5, 0.6) is 0 Å². The van der Waals surface area contributed by atoms with E-state index in [4.69, 9.17) is 9.72 Å². The van der Waals surface area contributed by atoms with Crippen LogP contribution in [0.1, 0.15) is 41.4 Å². The number of carbonyl (C=O) groups is 1. The SMILES string of the molecule is CC(C)c1cc(C(=O)Nc2ccc(CN3CCOCC3)cc2)c2ccccc2n1. The van der Waals surface area contributed by atoms with Crippen molar-refractivity contribution in [2.24, 2.45) is 0 Å². The third kappa shape index (κ3) is 4.63. The minimum absolute atomic E-state index is 0.105. The molecule has 1 aliphatic heterocycles. The lowest BCUT2D eigenvalue weighted by molar-refractivity contribution is 0.0342. The molecule has 1 saturated heterocycles. The molecule has 0 saturated carbocycles. The summed E-state index contributed by atoms with van der Waals surface area (Å²) < 4.78 is 5.40. The van der Waals surface area contributed by atoms with Crippen LogP contribution in [-0.2, 0) is 11.3 Å². The summed E-state index contributed by atoms with van der Waals surface area (Å²) >= 11 is 0. The fourth-order valence-corrected chi connectivity index (χ4v) is 3.59. The van der Waals surface area contributed by atoms with Crippen LogP contribution in [0.15, 0.2) is 54.6 Å². The third-order valence-corrected chi connectivity index (χ3v) is 5.29. The van der Waals surface area contributed by atoms with E-state index in [9.17, 15) is 4.79 Å². The Morgan fingerprint density at radius 2 is 1.83 bits per heavy atom. The number of nitrogens with one attached hydrogen (secondary N) is 1. The van der Waals surface area contributed by atoms with E-state index in [1.165, 1.54) is 5.56 Å². The average Bonchev–Trinajstić information content (AvgIpc) is 2.75. The van der Waals surface area contributed by atoms with Crippen LogP contribution >= 0.6 is 0 Å². The lowest BCUT2D eigenvalue weighted by atomic mass is 10.0. The molecule has 0 radical (unpaired) electrons. The second-order valence-corrected chi connectivity index (χ2v) is 7.81. The fourth-order valence-electron chi connectivity index (χ4n) is 3.59. The fraction of sp³-hybridized carbons (Fsp3) is 0.333. The second kappa shape index (κ2) is 8.72. The number of para-hydroxylation sites is 1. The Bertz CT molecular complexity index is 993. The second-order valence-electron chi connectivity index (χ2n) is 7.81. The zero-order valence-electron chi connectivity index (χ0n) is 17.0. The summed E-state index contributed by atoms with van der Waals surface area (Å²) in [7, 11) is 0. The van der Waals surface area contributed by atoms with Crippen molar-refractivity contribution in [3.05, 3.63) is 71.4 Å². The van der Waals surface area contributed by atoms with Gasteiger partial charge in [0.25, 0.3) is 5.91 Å². The summed E-state index contributed by atoms with van der Waals surface area (Å²) in [4.78, 5) is 20.1. The summed E-state index contributed by atoms with van der Waals surface area (Å²) in [6.45, 7) is 8.61. The van der Waals surface area contributed by atoms with E-state index in [2.05, 4.69) is 36.2 Å². The van der Waals surface area contributed by atoms with Crippen LogP contribution in [0.2, 0.25) is 0 Å². The van der Waals surface area contributed by atoms with Crippen molar-refractivity contribution in [2.45, 2.75) is 26.3 Å². The summed E-state index contributed by atoms with van der Waals surface area (Å²) in [5.41, 5.74) is 4.48. The number of fused-ring (bicyclic) bond motifs is 1. The molecule has 2 aromatic carbocycles. The first kappa shape index (κ1) is 19.6. The molecule has 3 aromatic rings. The molecule has 1 aliphatic rings. The number of hydrogen-bond acceptors (Lipinski definition) is 4. The van der Waals surface area contributed by atoms with Gasteiger partial charge in [-0.15, -0.1) is 0 Å². The smallest absolute Gasteiger partial charge is 0.256 e. The molecule has 0 unspecified atom stereocenters. The standard InChI is InChI=1S/C24H27N3O2/c1-17(2)23-15-21(20-5-3-4-6-22(20)26-23)24(28)25-19-9-7-18(8-10-19)16-27-11-13-29-14-12-27/h3-10,15,17H,11-14,16H2,1-2H3,(H,25,28). The molecule has 0 aliphatic carbocycles. The highest BCUT2D eigenvalue weighted by atomic mass is 16.5. The predicted molar refractivity (Wildman–Crippen MR) is 116 cm³/mol. The van der Waals surface area contributed by atoms with E-state index in [0.717, 1.165) is 55.1 Å². The number of nitrogens with zero attached hydrogens (tertiary/aromatic N) is 2. The minimum atomic E-state index is -0.105. The highest BCUT2D eigenvalue weighted by molar-refractivity contribution is 6.12. The normalized spacial score (nSPS) is 15.0. The van der Waals surface area contributed by atoms with Crippen LogP contribution in [0.3, 0.4) is 0 Å². The molecule has 29 heavy (non-hydrogen) atoms. The van der Waals surface area contributed by atoms with Crippen LogP contribution in [-0.4, -0.2) is 42.1 Å². The molecule has 150 valence electrons. The van der Waals surface area contributed by atoms with Crippen LogP contribution in [0.25, 0.3) is 10.9 Å². The summed E-state index contributed by atoms with van der Waals surface area (Å²) in [6, 6.07) is 17.8. The van der Waals surface area contributed by atoms with Crippen molar-refractivity contribution < 1.29 is 9.53 Å². The Labute approximate surface area is 171 Å². The Kier molecular flexibility index (Phi) is 5.88. The number of anilines is 1. The van der Waals surface area contributed by atoms with Gasteiger partial charge in [-0.3, -0.25) is 14.7 Å². The van der Waals surface area contributed by atoms with Gasteiger partial charge >= 0.3 is 0 Å². The van der Waals surface area contributed by atoms with Crippen LogP contribution in [0.4, 0.5) is 5.69 Å². The number of carbonyl (C=O) groups excluding carboxylic acids is 1. The first-order chi connectivity index (χ1) is 14.1. The summed E-state index contributed by atoms with van der Waals surface area (Å²) in [5.74, 6) is 0.150. The van der Waals surface area contributed by atoms with Crippen LogP contribution < -0.4 is 5.32 Å². The first-order valence-electron chi connectivity index (χ1n) is 10.2. The lowest BCUT2D eigenvalue weighted by Crippen LogP contribution is -2.35. The molecule has 0 bridgehead atoms. The number of ether oxygens (including phenoxy) is 1. The molecule has 5 nitrogen and oxygen atoms in total. The number of amides is 1. The summed E-state index contributed by atoms with van der Waals surface area (Å²) in [5, 5.41) is 3.92. The Hall–Kier alpha value is -2.76. The Balaban J connectivity index is 1.52. The molecular weight excluding hydrogens is 362 g/mol. The van der Waals surface area contributed by atoms with Crippen molar-refractivity contribution in [1.29, 1.82) is 0 Å². The number of morpholine rings is 1. The minimum Gasteiger partial charge on any atom is -0.379 e. The van der Waals surface area contributed by atoms with Gasteiger partial charge in [0.15, 0.2) is 0 Å². The van der Waals surface area contributed by atoms with E-state index in [0.29, 0.717) is 5.56 Å². The Morgan fingerprint density at radius 1 is 1.10 bits per heavy atom. The van der Waals surface area contributed by atoms with Gasteiger partial charge in [0.05, 0.1) is 24.3 Å². The highest BCUT2D eigenvalue weighted by Crippen LogP contribution is 2.23. The predicted octanol–water partition coefficient (Wildman–Crippen LogP) is 4.44. The van der Waals surface area contributed by atoms with E-state index < -0.39 is 0 Å². The molecule has 1 aromatic heterocycles. The Morgan fingerprint density at radius 3 is 2.55 bits per heavy atom. The molecule has 1 fully saturated rings. The molecule has 2 heterocycles. The number of aromatic nitrogens is 1. The number of benzene rings is 2. The van der Waals surface area contributed by atoms with Crippen molar-refractivity contribution >= 4 is 22.5 Å². The molecule has 1 N–H and O–H groups in total.